The maximum absolute atomic E-state index is 11.5. The molecule has 116 valence electrons. The average Bonchev–Trinajstić information content (AvgIpc) is 2.37. The van der Waals surface area contributed by atoms with Crippen LogP contribution in [0, 0.1) is 17.8 Å². The number of rotatable bonds is 4. The second-order valence-electron chi connectivity index (χ2n) is 6.40. The molecule has 3 nitrogen and oxygen atoms in total. The Hall–Kier alpha value is -1.03. The summed E-state index contributed by atoms with van der Waals surface area (Å²) in [5.74, 6) is 1.18. The monoisotopic (exact) mass is 354 g/mol. The van der Waals surface area contributed by atoms with E-state index in [9.17, 15) is 9.90 Å². The van der Waals surface area contributed by atoms with Crippen molar-refractivity contribution in [3.63, 3.8) is 0 Å². The summed E-state index contributed by atoms with van der Waals surface area (Å²) in [7, 11) is 0. The van der Waals surface area contributed by atoms with Gasteiger partial charge in [0.25, 0.3) is 0 Å². The van der Waals surface area contributed by atoms with Gasteiger partial charge < -0.3 is 9.84 Å². The molecule has 21 heavy (non-hydrogen) atoms. The zero-order chi connectivity index (χ0) is 15.6. The lowest BCUT2D eigenvalue weighted by molar-refractivity contribution is 0.0436. The third kappa shape index (κ3) is 3.79. The van der Waals surface area contributed by atoms with E-state index in [0.29, 0.717) is 28.0 Å². The molecule has 1 aromatic carbocycles. The summed E-state index contributed by atoms with van der Waals surface area (Å²) >= 11 is 3.31. The number of benzene rings is 1. The lowest BCUT2D eigenvalue weighted by atomic mass is 9.75. The number of hydrogen-bond donors (Lipinski definition) is 1. The van der Waals surface area contributed by atoms with Crippen molar-refractivity contribution < 1.29 is 14.6 Å². The van der Waals surface area contributed by atoms with Crippen LogP contribution in [0.5, 0.6) is 5.75 Å². The van der Waals surface area contributed by atoms with Gasteiger partial charge in [0.1, 0.15) is 17.4 Å². The highest BCUT2D eigenvalue weighted by Gasteiger charge is 2.33. The molecule has 0 radical (unpaired) electrons. The van der Waals surface area contributed by atoms with Gasteiger partial charge in [0, 0.05) is 4.47 Å². The topological polar surface area (TPSA) is 46.5 Å². The SMILES string of the molecule is CC1CCC(C(C)C)C(Oc2cccc(Br)c2C(=O)O)C1. The van der Waals surface area contributed by atoms with Crippen LogP contribution in [0.3, 0.4) is 0 Å². The summed E-state index contributed by atoms with van der Waals surface area (Å²) in [5.41, 5.74) is 0.221. The van der Waals surface area contributed by atoms with Gasteiger partial charge in [0.2, 0.25) is 0 Å². The molecule has 0 amide bonds. The van der Waals surface area contributed by atoms with Gasteiger partial charge in [-0.05, 0) is 58.7 Å². The van der Waals surface area contributed by atoms with Crippen LogP contribution in [-0.4, -0.2) is 17.2 Å². The molecule has 0 saturated heterocycles. The Labute approximate surface area is 134 Å². The number of carbonyl (C=O) groups is 1. The minimum absolute atomic E-state index is 0.0983. The first-order valence-electron chi connectivity index (χ1n) is 7.58. The maximum Gasteiger partial charge on any atom is 0.340 e. The first-order chi connectivity index (χ1) is 9.90. The van der Waals surface area contributed by atoms with Crippen LogP contribution in [0.2, 0.25) is 0 Å². The van der Waals surface area contributed by atoms with Crippen molar-refractivity contribution in [2.75, 3.05) is 0 Å². The van der Waals surface area contributed by atoms with E-state index >= 15 is 0 Å². The molecule has 1 fully saturated rings. The number of aromatic carboxylic acids is 1. The van der Waals surface area contributed by atoms with Gasteiger partial charge in [0.15, 0.2) is 0 Å². The van der Waals surface area contributed by atoms with E-state index in [1.807, 2.05) is 6.07 Å². The average molecular weight is 355 g/mol. The van der Waals surface area contributed by atoms with Crippen LogP contribution in [0.1, 0.15) is 50.4 Å². The Morgan fingerprint density at radius 2 is 2.10 bits per heavy atom. The van der Waals surface area contributed by atoms with E-state index in [1.165, 1.54) is 6.42 Å². The summed E-state index contributed by atoms with van der Waals surface area (Å²) in [6.45, 7) is 6.68. The molecule has 4 heteroatoms. The minimum Gasteiger partial charge on any atom is -0.489 e. The zero-order valence-electron chi connectivity index (χ0n) is 12.8. The molecular weight excluding hydrogens is 332 g/mol. The highest BCUT2D eigenvalue weighted by atomic mass is 79.9. The number of carboxylic acid groups (broad SMARTS) is 1. The Kier molecular flexibility index (Phi) is 5.31. The molecule has 0 aromatic heterocycles. The van der Waals surface area contributed by atoms with Crippen molar-refractivity contribution in [3.8, 4) is 5.75 Å². The van der Waals surface area contributed by atoms with Crippen LogP contribution in [0.4, 0.5) is 0 Å². The molecule has 3 unspecified atom stereocenters. The summed E-state index contributed by atoms with van der Waals surface area (Å²) in [6.07, 6.45) is 3.47. The van der Waals surface area contributed by atoms with Gasteiger partial charge >= 0.3 is 5.97 Å². The summed E-state index contributed by atoms with van der Waals surface area (Å²) in [5, 5.41) is 9.39. The van der Waals surface area contributed by atoms with Crippen LogP contribution in [0.25, 0.3) is 0 Å². The maximum atomic E-state index is 11.5. The van der Waals surface area contributed by atoms with Crippen LogP contribution in [0.15, 0.2) is 22.7 Å². The number of ether oxygens (including phenoxy) is 1. The lowest BCUT2D eigenvalue weighted by Gasteiger charge is -2.37. The third-order valence-corrected chi connectivity index (χ3v) is 5.09. The van der Waals surface area contributed by atoms with Gasteiger partial charge in [-0.3, -0.25) is 0 Å². The summed E-state index contributed by atoms with van der Waals surface area (Å²) < 4.78 is 6.73. The van der Waals surface area contributed by atoms with E-state index in [0.717, 1.165) is 12.8 Å². The third-order valence-electron chi connectivity index (χ3n) is 4.43. The Balaban J connectivity index is 2.27. The predicted octanol–water partition coefficient (Wildman–Crippen LogP) is 4.99. The van der Waals surface area contributed by atoms with Crippen LogP contribution < -0.4 is 4.74 Å². The van der Waals surface area contributed by atoms with E-state index in [1.54, 1.807) is 12.1 Å². The van der Waals surface area contributed by atoms with E-state index in [-0.39, 0.29) is 11.7 Å². The number of carboxylic acids is 1. The summed E-state index contributed by atoms with van der Waals surface area (Å²) in [6, 6.07) is 5.31. The zero-order valence-corrected chi connectivity index (χ0v) is 14.4. The fraction of sp³-hybridized carbons (Fsp3) is 0.588. The van der Waals surface area contributed by atoms with Gasteiger partial charge in [-0.25, -0.2) is 4.79 Å². The number of hydrogen-bond acceptors (Lipinski definition) is 2. The van der Waals surface area contributed by atoms with Gasteiger partial charge in [0.05, 0.1) is 0 Å². The Morgan fingerprint density at radius 3 is 2.71 bits per heavy atom. The molecule has 1 aliphatic carbocycles. The molecule has 3 atom stereocenters. The molecule has 2 rings (SSSR count). The second-order valence-corrected chi connectivity index (χ2v) is 7.25. The molecule has 0 heterocycles. The standard InChI is InChI=1S/C17H23BrO3/c1-10(2)12-8-7-11(3)9-15(12)21-14-6-4-5-13(18)16(14)17(19)20/h4-6,10-12,15H,7-9H2,1-3H3,(H,19,20). The van der Waals surface area contributed by atoms with Gasteiger partial charge in [-0.2, -0.15) is 0 Å². The number of halogens is 1. The largest absolute Gasteiger partial charge is 0.489 e. The minimum atomic E-state index is -0.956. The van der Waals surface area contributed by atoms with Crippen molar-refractivity contribution in [3.05, 3.63) is 28.2 Å². The van der Waals surface area contributed by atoms with E-state index in [2.05, 4.69) is 36.7 Å². The van der Waals surface area contributed by atoms with Crippen molar-refractivity contribution in [2.45, 2.75) is 46.1 Å². The Morgan fingerprint density at radius 1 is 1.38 bits per heavy atom. The molecular formula is C17H23BrO3. The molecule has 1 saturated carbocycles. The van der Waals surface area contributed by atoms with E-state index in [4.69, 9.17) is 4.74 Å². The Bertz CT molecular complexity index is 513. The predicted molar refractivity (Wildman–Crippen MR) is 86.9 cm³/mol. The fourth-order valence-corrected chi connectivity index (χ4v) is 3.74. The second kappa shape index (κ2) is 6.82. The first-order valence-corrected chi connectivity index (χ1v) is 8.38. The smallest absolute Gasteiger partial charge is 0.340 e. The van der Waals surface area contributed by atoms with Crippen molar-refractivity contribution >= 4 is 21.9 Å². The molecule has 1 N–H and O–H groups in total. The van der Waals surface area contributed by atoms with E-state index < -0.39 is 5.97 Å². The molecule has 0 aliphatic heterocycles. The molecule has 1 aromatic rings. The first kappa shape index (κ1) is 16.3. The lowest BCUT2D eigenvalue weighted by Crippen LogP contribution is -2.36. The molecule has 1 aliphatic rings. The van der Waals surface area contributed by atoms with Crippen molar-refractivity contribution in [2.24, 2.45) is 17.8 Å². The van der Waals surface area contributed by atoms with Crippen molar-refractivity contribution in [1.82, 2.24) is 0 Å². The highest BCUT2D eigenvalue weighted by Crippen LogP contribution is 2.37. The van der Waals surface area contributed by atoms with Gasteiger partial charge in [-0.15, -0.1) is 0 Å². The van der Waals surface area contributed by atoms with Crippen molar-refractivity contribution in [1.29, 1.82) is 0 Å². The highest BCUT2D eigenvalue weighted by molar-refractivity contribution is 9.10. The van der Waals surface area contributed by atoms with Crippen LogP contribution >= 0.6 is 15.9 Å². The molecule has 0 bridgehead atoms. The fourth-order valence-electron chi connectivity index (χ4n) is 3.22. The molecule has 0 spiro atoms. The normalized spacial score (nSPS) is 25.9. The summed E-state index contributed by atoms with van der Waals surface area (Å²) in [4.78, 5) is 11.5. The van der Waals surface area contributed by atoms with Gasteiger partial charge in [-0.1, -0.05) is 33.3 Å². The quantitative estimate of drug-likeness (QED) is 0.828. The van der Waals surface area contributed by atoms with Crippen LogP contribution in [-0.2, 0) is 0 Å².